The van der Waals surface area contributed by atoms with Crippen LogP contribution in [0.25, 0.3) is 11.1 Å². The van der Waals surface area contributed by atoms with E-state index in [4.69, 9.17) is 0 Å². The fourth-order valence-corrected chi connectivity index (χ4v) is 2.35. The molecule has 3 rings (SSSR count). The number of anilines is 1. The van der Waals surface area contributed by atoms with Crippen molar-refractivity contribution in [2.45, 2.75) is 6.54 Å². The van der Waals surface area contributed by atoms with Gasteiger partial charge in [-0.05, 0) is 34.9 Å². The zero-order valence-electron chi connectivity index (χ0n) is 11.0. The highest BCUT2D eigenvalue weighted by Crippen LogP contribution is 2.30. The monoisotopic (exact) mass is 253 g/mol. The van der Waals surface area contributed by atoms with Gasteiger partial charge in [-0.2, -0.15) is 0 Å². The van der Waals surface area contributed by atoms with Gasteiger partial charge in [0.25, 0.3) is 5.91 Å². The molecule has 0 aliphatic carbocycles. The summed E-state index contributed by atoms with van der Waals surface area (Å²) in [5.41, 5.74) is 4.04. The lowest BCUT2D eigenvalue weighted by atomic mass is 9.97. The molecule has 96 valence electrons. The first-order valence-electron chi connectivity index (χ1n) is 6.20. The molecule has 1 aromatic carbocycles. The van der Waals surface area contributed by atoms with Crippen molar-refractivity contribution in [2.24, 2.45) is 0 Å². The molecular weight excluding hydrogens is 238 g/mol. The molecule has 4 heteroatoms. The second-order valence-electron chi connectivity index (χ2n) is 4.81. The molecule has 0 bridgehead atoms. The van der Waals surface area contributed by atoms with Crippen molar-refractivity contribution in [2.75, 3.05) is 19.0 Å². The predicted molar refractivity (Wildman–Crippen MR) is 75.2 cm³/mol. The standard InChI is InChI=1S/C15H15N3O/c1-18(2)14-8-10(6-7-16-14)11-4-3-5-12-13(11)9-17-15(12)19/h3-8H,9H2,1-2H3,(H,17,19). The molecule has 2 heterocycles. The van der Waals surface area contributed by atoms with Gasteiger partial charge in [0.2, 0.25) is 0 Å². The van der Waals surface area contributed by atoms with E-state index < -0.39 is 0 Å². The Morgan fingerprint density at radius 1 is 1.21 bits per heavy atom. The number of nitrogens with one attached hydrogen (secondary N) is 1. The Kier molecular flexibility index (Phi) is 2.71. The van der Waals surface area contributed by atoms with E-state index >= 15 is 0 Å². The number of benzene rings is 1. The van der Waals surface area contributed by atoms with E-state index in [0.29, 0.717) is 6.54 Å². The lowest BCUT2D eigenvalue weighted by Gasteiger charge is -2.13. The van der Waals surface area contributed by atoms with Crippen molar-refractivity contribution in [3.63, 3.8) is 0 Å². The molecular formula is C15H15N3O. The third kappa shape index (κ3) is 1.95. The van der Waals surface area contributed by atoms with Gasteiger partial charge >= 0.3 is 0 Å². The van der Waals surface area contributed by atoms with Crippen LogP contribution in [0.5, 0.6) is 0 Å². The van der Waals surface area contributed by atoms with Crippen LogP contribution < -0.4 is 10.2 Å². The molecule has 1 amide bonds. The van der Waals surface area contributed by atoms with Gasteiger partial charge in [-0.1, -0.05) is 12.1 Å². The van der Waals surface area contributed by atoms with Gasteiger partial charge in [-0.15, -0.1) is 0 Å². The first-order chi connectivity index (χ1) is 9.16. The minimum atomic E-state index is 0.0127. The maximum absolute atomic E-state index is 11.7. The molecule has 0 unspecified atom stereocenters. The molecule has 1 aromatic heterocycles. The van der Waals surface area contributed by atoms with Crippen molar-refractivity contribution in [3.8, 4) is 11.1 Å². The number of pyridine rings is 1. The Labute approximate surface area is 112 Å². The molecule has 19 heavy (non-hydrogen) atoms. The molecule has 1 aliphatic rings. The minimum absolute atomic E-state index is 0.0127. The highest BCUT2D eigenvalue weighted by Gasteiger charge is 2.21. The second kappa shape index (κ2) is 4.39. The highest BCUT2D eigenvalue weighted by atomic mass is 16.1. The normalized spacial score (nSPS) is 13.1. The van der Waals surface area contributed by atoms with Crippen LogP contribution in [0, 0.1) is 0 Å². The number of hydrogen-bond donors (Lipinski definition) is 1. The van der Waals surface area contributed by atoms with Crippen LogP contribution in [0.15, 0.2) is 36.5 Å². The molecule has 0 atom stereocenters. The van der Waals surface area contributed by atoms with E-state index in [9.17, 15) is 4.79 Å². The Bertz CT molecular complexity index is 650. The molecule has 0 spiro atoms. The number of rotatable bonds is 2. The molecule has 0 saturated carbocycles. The Balaban J connectivity index is 2.13. The summed E-state index contributed by atoms with van der Waals surface area (Å²) >= 11 is 0. The summed E-state index contributed by atoms with van der Waals surface area (Å²) in [4.78, 5) is 18.0. The molecule has 2 aromatic rings. The van der Waals surface area contributed by atoms with E-state index in [0.717, 1.165) is 28.1 Å². The molecule has 4 nitrogen and oxygen atoms in total. The topological polar surface area (TPSA) is 45.2 Å². The number of amides is 1. The van der Waals surface area contributed by atoms with Crippen molar-refractivity contribution >= 4 is 11.7 Å². The summed E-state index contributed by atoms with van der Waals surface area (Å²) in [6.45, 7) is 0.601. The Morgan fingerprint density at radius 3 is 2.79 bits per heavy atom. The van der Waals surface area contributed by atoms with E-state index in [-0.39, 0.29) is 5.91 Å². The quantitative estimate of drug-likeness (QED) is 0.891. The van der Waals surface area contributed by atoms with Gasteiger partial charge in [0, 0.05) is 32.4 Å². The number of carbonyl (C=O) groups is 1. The third-order valence-electron chi connectivity index (χ3n) is 3.36. The summed E-state index contributed by atoms with van der Waals surface area (Å²) in [6, 6.07) is 9.86. The maximum Gasteiger partial charge on any atom is 0.251 e. The van der Waals surface area contributed by atoms with Crippen molar-refractivity contribution in [1.82, 2.24) is 10.3 Å². The van der Waals surface area contributed by atoms with Crippen LogP contribution in [0.1, 0.15) is 15.9 Å². The zero-order valence-corrected chi connectivity index (χ0v) is 11.0. The highest BCUT2D eigenvalue weighted by molar-refractivity contribution is 6.00. The average molecular weight is 253 g/mol. The summed E-state index contributed by atoms with van der Waals surface area (Å²) in [7, 11) is 3.93. The Hall–Kier alpha value is -2.36. The summed E-state index contributed by atoms with van der Waals surface area (Å²) in [5, 5.41) is 2.87. The lowest BCUT2D eigenvalue weighted by molar-refractivity contribution is 0.0966. The van der Waals surface area contributed by atoms with Crippen LogP contribution >= 0.6 is 0 Å². The van der Waals surface area contributed by atoms with Gasteiger partial charge < -0.3 is 10.2 Å². The summed E-state index contributed by atoms with van der Waals surface area (Å²) in [5.74, 6) is 0.922. The van der Waals surface area contributed by atoms with Crippen LogP contribution in [-0.2, 0) is 6.54 Å². The number of hydrogen-bond acceptors (Lipinski definition) is 3. The first-order valence-corrected chi connectivity index (χ1v) is 6.20. The average Bonchev–Trinajstić information content (AvgIpc) is 2.81. The number of fused-ring (bicyclic) bond motifs is 1. The van der Waals surface area contributed by atoms with Gasteiger partial charge in [0.05, 0.1) is 0 Å². The molecule has 0 saturated heterocycles. The smallest absolute Gasteiger partial charge is 0.251 e. The fourth-order valence-electron chi connectivity index (χ4n) is 2.35. The molecule has 1 N–H and O–H groups in total. The van der Waals surface area contributed by atoms with Crippen molar-refractivity contribution < 1.29 is 4.79 Å². The van der Waals surface area contributed by atoms with Gasteiger partial charge in [0.15, 0.2) is 0 Å². The van der Waals surface area contributed by atoms with E-state index in [1.54, 1.807) is 6.20 Å². The number of aromatic nitrogens is 1. The molecule has 0 fully saturated rings. The lowest BCUT2D eigenvalue weighted by Crippen LogP contribution is -2.12. The van der Waals surface area contributed by atoms with Crippen LogP contribution in [0.4, 0.5) is 5.82 Å². The third-order valence-corrected chi connectivity index (χ3v) is 3.36. The molecule has 1 aliphatic heterocycles. The number of carbonyl (C=O) groups excluding carboxylic acids is 1. The zero-order chi connectivity index (χ0) is 13.4. The van der Waals surface area contributed by atoms with E-state index in [2.05, 4.69) is 10.3 Å². The predicted octanol–water partition coefficient (Wildman–Crippen LogP) is 2.06. The van der Waals surface area contributed by atoms with Crippen LogP contribution in [0.3, 0.4) is 0 Å². The van der Waals surface area contributed by atoms with E-state index in [1.165, 1.54) is 0 Å². The van der Waals surface area contributed by atoms with Gasteiger partial charge in [-0.3, -0.25) is 4.79 Å². The molecule has 0 radical (unpaired) electrons. The first kappa shape index (κ1) is 11.7. The van der Waals surface area contributed by atoms with Crippen molar-refractivity contribution in [3.05, 3.63) is 47.7 Å². The fraction of sp³-hybridized carbons (Fsp3) is 0.200. The Morgan fingerprint density at radius 2 is 2.00 bits per heavy atom. The van der Waals surface area contributed by atoms with Crippen LogP contribution in [-0.4, -0.2) is 25.0 Å². The maximum atomic E-state index is 11.7. The van der Waals surface area contributed by atoms with Gasteiger partial charge in [0.1, 0.15) is 5.82 Å². The summed E-state index contributed by atoms with van der Waals surface area (Å²) in [6.07, 6.45) is 1.80. The van der Waals surface area contributed by atoms with Gasteiger partial charge in [-0.25, -0.2) is 4.98 Å². The SMILES string of the molecule is CN(C)c1cc(-c2cccc3c2CNC3=O)ccn1. The second-order valence-corrected chi connectivity index (χ2v) is 4.81. The summed E-state index contributed by atoms with van der Waals surface area (Å²) < 4.78 is 0. The van der Waals surface area contributed by atoms with Crippen LogP contribution in [0.2, 0.25) is 0 Å². The number of nitrogens with zero attached hydrogens (tertiary/aromatic N) is 2. The van der Waals surface area contributed by atoms with Crippen molar-refractivity contribution in [1.29, 1.82) is 0 Å². The largest absolute Gasteiger partial charge is 0.363 e. The van der Waals surface area contributed by atoms with E-state index in [1.807, 2.05) is 49.3 Å². The minimum Gasteiger partial charge on any atom is -0.363 e.